The molecule has 108 heavy (non-hydrogen) atoms. The van der Waals surface area contributed by atoms with E-state index in [4.69, 9.17) is 37.0 Å². The van der Waals surface area contributed by atoms with Crippen molar-refractivity contribution in [1.82, 2.24) is 0 Å². The Morgan fingerprint density at radius 2 is 0.454 bits per heavy atom. The Morgan fingerprint density at radius 3 is 0.722 bits per heavy atom. The molecular formula is C89H144O17P2. The number of rotatable bonds is 75. The van der Waals surface area contributed by atoms with E-state index < -0.39 is 97.5 Å². The molecule has 0 aromatic heterocycles. The summed E-state index contributed by atoms with van der Waals surface area (Å²) in [4.78, 5) is 73.2. The van der Waals surface area contributed by atoms with E-state index in [0.717, 1.165) is 212 Å². The Morgan fingerprint density at radius 1 is 0.259 bits per heavy atom. The van der Waals surface area contributed by atoms with E-state index in [1.54, 1.807) is 0 Å². The molecule has 612 valence electrons. The lowest BCUT2D eigenvalue weighted by atomic mass is 10.1. The van der Waals surface area contributed by atoms with Crippen LogP contribution in [0, 0.1) is 0 Å². The summed E-state index contributed by atoms with van der Waals surface area (Å²) in [5.74, 6) is -2.29. The first-order valence-corrected chi connectivity index (χ1v) is 44.0. The number of carbonyl (C=O) groups excluding carboxylic acids is 4. The Balaban J connectivity index is 5.47. The van der Waals surface area contributed by atoms with Crippen molar-refractivity contribution in [2.45, 2.75) is 316 Å². The Kier molecular flexibility index (Phi) is 75.0. The molecule has 17 nitrogen and oxygen atoms in total. The van der Waals surface area contributed by atoms with Gasteiger partial charge < -0.3 is 33.8 Å². The van der Waals surface area contributed by atoms with Crippen LogP contribution in [0.5, 0.6) is 0 Å². The molecule has 0 aliphatic heterocycles. The van der Waals surface area contributed by atoms with Gasteiger partial charge in [0.05, 0.1) is 26.4 Å². The minimum Gasteiger partial charge on any atom is -0.462 e. The van der Waals surface area contributed by atoms with Crippen LogP contribution in [0.2, 0.25) is 0 Å². The molecule has 0 aliphatic rings. The van der Waals surface area contributed by atoms with Crippen LogP contribution in [0.15, 0.2) is 182 Å². The highest BCUT2D eigenvalue weighted by atomic mass is 31.2. The lowest BCUT2D eigenvalue weighted by Crippen LogP contribution is -2.30. The number of esters is 4. The highest BCUT2D eigenvalue weighted by Gasteiger charge is 2.30. The number of ether oxygens (including phenoxy) is 4. The number of aliphatic hydroxyl groups excluding tert-OH is 1. The second-order valence-electron chi connectivity index (χ2n) is 26.5. The van der Waals surface area contributed by atoms with E-state index >= 15 is 0 Å². The third kappa shape index (κ3) is 78.3. The lowest BCUT2D eigenvalue weighted by Gasteiger charge is -2.21. The second kappa shape index (κ2) is 79.3. The second-order valence-corrected chi connectivity index (χ2v) is 29.4. The van der Waals surface area contributed by atoms with Crippen molar-refractivity contribution in [1.29, 1.82) is 0 Å². The fourth-order valence-electron chi connectivity index (χ4n) is 10.3. The van der Waals surface area contributed by atoms with E-state index in [1.165, 1.54) is 0 Å². The largest absolute Gasteiger partial charge is 0.472 e. The molecule has 0 radical (unpaired) electrons. The number of allylic oxidation sites excluding steroid dienone is 30. The summed E-state index contributed by atoms with van der Waals surface area (Å²) in [5, 5.41) is 10.7. The highest BCUT2D eigenvalue weighted by Crippen LogP contribution is 2.45. The quantitative estimate of drug-likeness (QED) is 0.0169. The number of aliphatic hydroxyl groups is 1. The molecule has 0 aromatic carbocycles. The van der Waals surface area contributed by atoms with Crippen molar-refractivity contribution in [2.24, 2.45) is 0 Å². The summed E-state index contributed by atoms with van der Waals surface area (Å²) in [6.07, 6.45) is 95.8. The molecule has 0 aromatic rings. The predicted octanol–water partition coefficient (Wildman–Crippen LogP) is 24.3. The molecule has 0 saturated carbocycles. The van der Waals surface area contributed by atoms with Crippen molar-refractivity contribution < 1.29 is 80.2 Å². The van der Waals surface area contributed by atoms with Crippen LogP contribution >= 0.6 is 15.6 Å². The molecule has 0 fully saturated rings. The summed E-state index contributed by atoms with van der Waals surface area (Å²) in [5.41, 5.74) is 0. The molecule has 19 heteroatoms. The normalized spacial score (nSPS) is 14.8. The number of hydrogen-bond donors (Lipinski definition) is 3. The summed E-state index contributed by atoms with van der Waals surface area (Å²) in [6.45, 7) is 4.31. The van der Waals surface area contributed by atoms with Crippen molar-refractivity contribution in [2.75, 3.05) is 39.6 Å². The number of hydrogen-bond acceptors (Lipinski definition) is 15. The van der Waals surface area contributed by atoms with E-state index in [-0.39, 0.29) is 25.7 Å². The SMILES string of the molecule is CC/C=C\C/C=C\C/C=C\C/C=C\C/C=C\CCCCCC(=O)OCC(COP(=O)(O)OCC(O)COP(=O)(O)OCC(COC(=O)CCCCCCCCC/C=C\C/C=C\C/C=C\CC)OC(=O)CCCCCCCCC/C=C\C/C=C\C/C=C\CC)OC(=O)CCCC/C=C\C/C=C\C/C=C\C/C=C\CC. The average Bonchev–Trinajstić information content (AvgIpc) is 0.901. The van der Waals surface area contributed by atoms with E-state index in [2.05, 4.69) is 210 Å². The minimum atomic E-state index is -5.01. The minimum absolute atomic E-state index is 0.0281. The zero-order valence-corrected chi connectivity index (χ0v) is 68.7. The van der Waals surface area contributed by atoms with Gasteiger partial charge in [0, 0.05) is 25.7 Å². The molecule has 0 bridgehead atoms. The van der Waals surface area contributed by atoms with Gasteiger partial charge in [-0.25, -0.2) is 9.13 Å². The van der Waals surface area contributed by atoms with Crippen molar-refractivity contribution >= 4 is 39.5 Å². The number of carbonyl (C=O) groups is 4. The van der Waals surface area contributed by atoms with Gasteiger partial charge in [-0.1, -0.05) is 281 Å². The Hall–Kier alpha value is -5.84. The molecule has 0 spiro atoms. The van der Waals surface area contributed by atoms with Gasteiger partial charge in [0.25, 0.3) is 0 Å². The third-order valence-corrected chi connectivity index (χ3v) is 18.3. The van der Waals surface area contributed by atoms with Crippen molar-refractivity contribution in [3.05, 3.63) is 182 Å². The van der Waals surface area contributed by atoms with Crippen LogP contribution in [0.25, 0.3) is 0 Å². The molecular weight excluding hydrogens is 1400 g/mol. The number of unbranched alkanes of at least 4 members (excludes halogenated alkanes) is 19. The maximum absolute atomic E-state index is 13.1. The Labute approximate surface area is 654 Å². The zero-order valence-electron chi connectivity index (χ0n) is 66.9. The van der Waals surface area contributed by atoms with Gasteiger partial charge in [-0.2, -0.15) is 0 Å². The number of phosphoric ester groups is 2. The molecule has 3 N–H and O–H groups in total. The Bertz CT molecular complexity index is 2760. The van der Waals surface area contributed by atoms with Crippen LogP contribution in [-0.2, 0) is 65.4 Å². The van der Waals surface area contributed by atoms with Crippen LogP contribution in [0.1, 0.15) is 297 Å². The number of phosphoric acid groups is 2. The van der Waals surface area contributed by atoms with Gasteiger partial charge in [-0.15, -0.1) is 0 Å². The maximum Gasteiger partial charge on any atom is 0.472 e. The summed E-state index contributed by atoms with van der Waals surface area (Å²) in [6, 6.07) is 0. The molecule has 0 rings (SSSR count). The maximum atomic E-state index is 13.1. The molecule has 0 amide bonds. The molecule has 5 atom stereocenters. The summed E-state index contributed by atoms with van der Waals surface area (Å²) < 4.78 is 68.7. The standard InChI is InChI=1S/C89H144O17P2/c1-5-9-13-17-21-25-29-33-37-40-41-44-47-50-54-58-62-66-70-74-87(92)100-79-84(105-88(93)75-71-67-63-59-55-51-45-36-32-28-24-20-16-12-8-4)81-103-107(95,96)101-77-83(90)78-102-108(97,98)104-82-85(106-89(94)76-72-68-64-60-56-52-48-43-39-35-31-27-23-19-15-11-7-3)80-99-86(91)73-69-65-61-57-53-49-46-42-38-34-30-26-22-18-14-10-6-2/h9-16,21-28,33-39,41,44-45,50,54-55,59,83-85,90H,5-8,17-20,29-32,40,42-43,46-49,51-53,56-58,60-82H2,1-4H3,(H,95,96)(H,97,98)/b13-9-,14-10-,15-11-,16-12-,25-21-,26-22-,27-23-,28-24-,37-33-,38-34-,39-35-,44-41-,45-36-,54-50-,59-55-. The van der Waals surface area contributed by atoms with Gasteiger partial charge in [0.15, 0.2) is 12.2 Å². The van der Waals surface area contributed by atoms with Crippen molar-refractivity contribution in [3.63, 3.8) is 0 Å². The third-order valence-electron chi connectivity index (χ3n) is 16.4. The van der Waals surface area contributed by atoms with Crippen LogP contribution in [0.3, 0.4) is 0 Å². The molecule has 0 heterocycles. The zero-order chi connectivity index (χ0) is 78.9. The first-order valence-electron chi connectivity index (χ1n) is 41.0. The monoisotopic (exact) mass is 1550 g/mol. The smallest absolute Gasteiger partial charge is 0.462 e. The van der Waals surface area contributed by atoms with Gasteiger partial charge in [0.1, 0.15) is 19.3 Å². The van der Waals surface area contributed by atoms with E-state index in [9.17, 15) is 43.2 Å². The van der Waals surface area contributed by atoms with E-state index in [0.29, 0.717) is 32.1 Å². The topological polar surface area (TPSA) is 237 Å². The average molecular weight is 1550 g/mol. The molecule has 0 aliphatic carbocycles. The van der Waals surface area contributed by atoms with Gasteiger partial charge >= 0.3 is 39.5 Å². The molecule has 0 saturated heterocycles. The fraction of sp³-hybridized carbons (Fsp3) is 0.618. The summed E-state index contributed by atoms with van der Waals surface area (Å²) >= 11 is 0. The summed E-state index contributed by atoms with van der Waals surface area (Å²) in [7, 11) is -10.0. The highest BCUT2D eigenvalue weighted by molar-refractivity contribution is 7.47. The van der Waals surface area contributed by atoms with Crippen LogP contribution in [-0.4, -0.2) is 96.7 Å². The van der Waals surface area contributed by atoms with Crippen LogP contribution < -0.4 is 0 Å². The predicted molar refractivity (Wildman–Crippen MR) is 445 cm³/mol. The first-order chi connectivity index (χ1) is 52.7. The molecule has 5 unspecified atom stereocenters. The van der Waals surface area contributed by atoms with Crippen molar-refractivity contribution in [3.8, 4) is 0 Å². The van der Waals surface area contributed by atoms with Gasteiger partial charge in [0.2, 0.25) is 0 Å². The van der Waals surface area contributed by atoms with Gasteiger partial charge in [-0.05, 0) is 173 Å². The van der Waals surface area contributed by atoms with E-state index in [1.807, 2.05) is 0 Å². The fourth-order valence-corrected chi connectivity index (χ4v) is 11.8. The first kappa shape index (κ1) is 102. The lowest BCUT2D eigenvalue weighted by molar-refractivity contribution is -0.161. The van der Waals surface area contributed by atoms with Crippen LogP contribution in [0.4, 0.5) is 0 Å². The van der Waals surface area contributed by atoms with Gasteiger partial charge in [-0.3, -0.25) is 37.3 Å².